The van der Waals surface area contributed by atoms with E-state index in [-0.39, 0.29) is 19.8 Å². The van der Waals surface area contributed by atoms with E-state index in [1.54, 1.807) is 6.08 Å². The summed E-state index contributed by atoms with van der Waals surface area (Å²) in [6, 6.07) is 29.1. The van der Waals surface area contributed by atoms with E-state index in [1.807, 2.05) is 91.0 Å². The SMILES string of the molecule is COC(=O)/C=C/[C@H](OCc1ccccc1)[C@@H](OCc1ccccc1)[C@@H](O)COCc1ccccc1. The van der Waals surface area contributed by atoms with Crippen molar-refractivity contribution in [2.75, 3.05) is 13.7 Å². The predicted octanol–water partition coefficient (Wildman–Crippen LogP) is 4.46. The van der Waals surface area contributed by atoms with E-state index in [2.05, 4.69) is 0 Å². The Morgan fingerprint density at radius 1 is 0.771 bits per heavy atom. The quantitative estimate of drug-likeness (QED) is 0.274. The van der Waals surface area contributed by atoms with E-state index < -0.39 is 24.3 Å². The average Bonchev–Trinajstić information content (AvgIpc) is 2.91. The van der Waals surface area contributed by atoms with Gasteiger partial charge in [-0.1, -0.05) is 91.0 Å². The number of hydrogen-bond acceptors (Lipinski definition) is 6. The van der Waals surface area contributed by atoms with Crippen molar-refractivity contribution in [3.05, 3.63) is 120 Å². The van der Waals surface area contributed by atoms with E-state index in [1.165, 1.54) is 13.2 Å². The van der Waals surface area contributed by atoms with Gasteiger partial charge in [-0.2, -0.15) is 0 Å². The second-order valence-electron chi connectivity index (χ2n) is 7.97. The highest BCUT2D eigenvalue weighted by atomic mass is 16.6. The van der Waals surface area contributed by atoms with E-state index in [0.717, 1.165) is 16.7 Å². The van der Waals surface area contributed by atoms with Gasteiger partial charge in [0.1, 0.15) is 18.3 Å². The molecule has 6 heteroatoms. The van der Waals surface area contributed by atoms with Gasteiger partial charge in [-0.15, -0.1) is 0 Å². The third-order valence-electron chi connectivity index (χ3n) is 5.30. The summed E-state index contributed by atoms with van der Waals surface area (Å²) in [5, 5.41) is 11.1. The molecule has 3 aromatic rings. The lowest BCUT2D eigenvalue weighted by Gasteiger charge is -2.29. The first-order chi connectivity index (χ1) is 17.2. The highest BCUT2D eigenvalue weighted by Crippen LogP contribution is 2.17. The molecule has 3 atom stereocenters. The molecule has 0 amide bonds. The Labute approximate surface area is 206 Å². The maximum absolute atomic E-state index is 11.8. The van der Waals surface area contributed by atoms with Crippen LogP contribution in [-0.2, 0) is 43.6 Å². The summed E-state index contributed by atoms with van der Waals surface area (Å²) in [6.07, 6.45) is 0.311. The molecule has 0 saturated heterocycles. The van der Waals surface area contributed by atoms with Crippen LogP contribution in [0.1, 0.15) is 16.7 Å². The van der Waals surface area contributed by atoms with Gasteiger partial charge in [0.25, 0.3) is 0 Å². The van der Waals surface area contributed by atoms with Gasteiger partial charge in [0.05, 0.1) is 33.5 Å². The molecule has 0 spiro atoms. The van der Waals surface area contributed by atoms with Gasteiger partial charge >= 0.3 is 5.97 Å². The molecule has 0 bridgehead atoms. The molecule has 35 heavy (non-hydrogen) atoms. The molecule has 0 radical (unpaired) electrons. The molecule has 0 fully saturated rings. The molecule has 1 N–H and O–H groups in total. The molecule has 0 aliphatic rings. The number of rotatable bonds is 14. The van der Waals surface area contributed by atoms with Crippen molar-refractivity contribution in [2.24, 2.45) is 0 Å². The lowest BCUT2D eigenvalue weighted by atomic mass is 10.1. The van der Waals surface area contributed by atoms with Gasteiger partial charge < -0.3 is 24.1 Å². The fraction of sp³-hybridized carbons (Fsp3) is 0.276. The molecule has 3 rings (SSSR count). The molecule has 0 heterocycles. The summed E-state index contributed by atoms with van der Waals surface area (Å²) in [5.41, 5.74) is 2.91. The first-order valence-corrected chi connectivity index (χ1v) is 11.5. The number of aliphatic hydroxyl groups excluding tert-OH is 1. The Morgan fingerprint density at radius 3 is 1.77 bits per heavy atom. The highest BCUT2D eigenvalue weighted by molar-refractivity contribution is 5.81. The minimum atomic E-state index is -1.01. The maximum Gasteiger partial charge on any atom is 0.330 e. The maximum atomic E-state index is 11.8. The number of ether oxygens (including phenoxy) is 4. The first-order valence-electron chi connectivity index (χ1n) is 11.5. The van der Waals surface area contributed by atoms with Gasteiger partial charge in [-0.05, 0) is 22.8 Å². The fourth-order valence-electron chi connectivity index (χ4n) is 3.43. The van der Waals surface area contributed by atoms with Gasteiger partial charge in [-0.3, -0.25) is 0 Å². The average molecular weight is 477 g/mol. The van der Waals surface area contributed by atoms with E-state index in [4.69, 9.17) is 18.9 Å². The zero-order chi connectivity index (χ0) is 24.7. The largest absolute Gasteiger partial charge is 0.466 e. The standard InChI is InChI=1S/C29H32O6/c1-32-28(31)18-17-27(34-20-24-13-7-3-8-14-24)29(35-21-25-15-9-4-10-16-25)26(30)22-33-19-23-11-5-2-6-12-23/h2-18,26-27,29-30H,19-22H2,1H3/b18-17+/t26-,27-,29-/m0/s1. The predicted molar refractivity (Wildman–Crippen MR) is 133 cm³/mol. The van der Waals surface area contributed by atoms with Crippen LogP contribution >= 0.6 is 0 Å². The van der Waals surface area contributed by atoms with Crippen molar-refractivity contribution in [1.29, 1.82) is 0 Å². The van der Waals surface area contributed by atoms with Crippen molar-refractivity contribution in [2.45, 2.75) is 38.1 Å². The van der Waals surface area contributed by atoms with Crippen LogP contribution in [0, 0.1) is 0 Å². The first kappa shape index (κ1) is 26.3. The number of carbonyl (C=O) groups is 1. The molecule has 0 saturated carbocycles. The van der Waals surface area contributed by atoms with Crippen LogP contribution in [0.3, 0.4) is 0 Å². The summed E-state index contributed by atoms with van der Waals surface area (Å²) in [6.45, 7) is 0.931. The third kappa shape index (κ3) is 9.47. The number of benzene rings is 3. The topological polar surface area (TPSA) is 74.2 Å². The monoisotopic (exact) mass is 476 g/mol. The van der Waals surface area contributed by atoms with Gasteiger partial charge in [0.15, 0.2) is 0 Å². The second kappa shape index (κ2) is 14.9. The van der Waals surface area contributed by atoms with Gasteiger partial charge in [0.2, 0.25) is 0 Å². The normalized spacial score (nSPS) is 13.9. The number of esters is 1. The lowest BCUT2D eigenvalue weighted by molar-refractivity contribution is -0.137. The minimum absolute atomic E-state index is 0.0333. The molecule has 0 unspecified atom stereocenters. The Kier molecular flexibility index (Phi) is 11.2. The molecule has 0 aliphatic carbocycles. The van der Waals surface area contributed by atoms with Crippen LogP contribution in [0.5, 0.6) is 0 Å². The lowest BCUT2D eigenvalue weighted by Crippen LogP contribution is -2.42. The van der Waals surface area contributed by atoms with Crippen LogP contribution < -0.4 is 0 Å². The van der Waals surface area contributed by atoms with Crippen molar-refractivity contribution in [3.63, 3.8) is 0 Å². The van der Waals surface area contributed by atoms with Crippen molar-refractivity contribution in [3.8, 4) is 0 Å². The summed E-state index contributed by atoms with van der Waals surface area (Å²) >= 11 is 0. The summed E-state index contributed by atoms with van der Waals surface area (Å²) in [5.74, 6) is -0.519. The smallest absolute Gasteiger partial charge is 0.330 e. The molecular weight excluding hydrogens is 444 g/mol. The Morgan fingerprint density at radius 2 is 1.26 bits per heavy atom. The number of carbonyl (C=O) groups excluding carboxylic acids is 1. The zero-order valence-electron chi connectivity index (χ0n) is 19.9. The van der Waals surface area contributed by atoms with Crippen LogP contribution in [0.25, 0.3) is 0 Å². The number of methoxy groups -OCH3 is 1. The molecular formula is C29H32O6. The molecule has 184 valence electrons. The molecule has 0 aromatic heterocycles. The fourth-order valence-corrected chi connectivity index (χ4v) is 3.43. The van der Waals surface area contributed by atoms with Gasteiger partial charge in [-0.25, -0.2) is 4.79 Å². The minimum Gasteiger partial charge on any atom is -0.466 e. The van der Waals surface area contributed by atoms with Crippen molar-refractivity contribution in [1.82, 2.24) is 0 Å². The van der Waals surface area contributed by atoms with Crippen LogP contribution in [0.2, 0.25) is 0 Å². The number of hydrogen-bond donors (Lipinski definition) is 1. The van der Waals surface area contributed by atoms with E-state index in [9.17, 15) is 9.90 Å². The van der Waals surface area contributed by atoms with Crippen LogP contribution in [0.4, 0.5) is 0 Å². The molecule has 0 aliphatic heterocycles. The van der Waals surface area contributed by atoms with Crippen molar-refractivity contribution < 1.29 is 28.8 Å². The number of aliphatic hydroxyl groups is 1. The zero-order valence-corrected chi connectivity index (χ0v) is 19.9. The van der Waals surface area contributed by atoms with Gasteiger partial charge in [0, 0.05) is 6.08 Å². The third-order valence-corrected chi connectivity index (χ3v) is 5.30. The Hall–Kier alpha value is -3.29. The summed E-state index contributed by atoms with van der Waals surface area (Å²) in [7, 11) is 1.31. The van der Waals surface area contributed by atoms with E-state index >= 15 is 0 Å². The highest BCUT2D eigenvalue weighted by Gasteiger charge is 2.29. The molecule has 3 aromatic carbocycles. The van der Waals surface area contributed by atoms with Crippen molar-refractivity contribution >= 4 is 5.97 Å². The van der Waals surface area contributed by atoms with E-state index in [0.29, 0.717) is 6.61 Å². The molecule has 6 nitrogen and oxygen atoms in total. The summed E-state index contributed by atoms with van der Waals surface area (Å²) < 4.78 is 22.8. The Balaban J connectivity index is 1.74. The van der Waals surface area contributed by atoms with Crippen LogP contribution in [0.15, 0.2) is 103 Å². The van der Waals surface area contributed by atoms with Crippen LogP contribution in [-0.4, -0.2) is 43.1 Å². The Bertz CT molecular complexity index is 1010. The summed E-state index contributed by atoms with van der Waals surface area (Å²) in [4.78, 5) is 11.8. The second-order valence-corrected chi connectivity index (χ2v) is 7.97.